The molecule has 16 heavy (non-hydrogen) atoms. The number of anilines is 1. The molecule has 0 fully saturated rings. The summed E-state index contributed by atoms with van der Waals surface area (Å²) in [7, 11) is 0. The molecule has 0 aromatic heterocycles. The van der Waals surface area contributed by atoms with Gasteiger partial charge < -0.3 is 15.7 Å². The molecule has 1 heterocycles. The number of nitrogens with two attached hydrogens (primary N) is 1. The van der Waals surface area contributed by atoms with Crippen molar-refractivity contribution < 1.29 is 5.11 Å². The fourth-order valence-corrected chi connectivity index (χ4v) is 2.50. The molecule has 0 saturated carbocycles. The molecule has 1 atom stereocenters. The van der Waals surface area contributed by atoms with Crippen LogP contribution in [0.1, 0.15) is 31.7 Å². The highest BCUT2D eigenvalue weighted by molar-refractivity contribution is 5.62. The molecule has 0 radical (unpaired) electrons. The van der Waals surface area contributed by atoms with Crippen LogP contribution in [0.4, 0.5) is 5.69 Å². The number of hydrogen-bond acceptors (Lipinski definition) is 3. The van der Waals surface area contributed by atoms with E-state index in [1.54, 1.807) is 6.07 Å². The Kier molecular flexibility index (Phi) is 3.06. The van der Waals surface area contributed by atoms with Gasteiger partial charge in [-0.25, -0.2) is 0 Å². The molecule has 0 amide bonds. The Morgan fingerprint density at radius 2 is 2.25 bits per heavy atom. The van der Waals surface area contributed by atoms with Gasteiger partial charge in [0.05, 0.1) is 0 Å². The number of hydrogen-bond donors (Lipinski definition) is 2. The highest BCUT2D eigenvalue weighted by Crippen LogP contribution is 2.40. The van der Waals surface area contributed by atoms with E-state index in [4.69, 9.17) is 5.73 Å². The Morgan fingerprint density at radius 1 is 1.50 bits per heavy atom. The van der Waals surface area contributed by atoms with E-state index in [1.165, 1.54) is 11.3 Å². The van der Waals surface area contributed by atoms with E-state index >= 15 is 0 Å². The minimum Gasteiger partial charge on any atom is -0.508 e. The number of rotatable bonds is 3. The predicted octanol–water partition coefficient (Wildman–Crippen LogP) is 2.05. The molecular formula is C13H20N2O. The van der Waals surface area contributed by atoms with Gasteiger partial charge in [-0.1, -0.05) is 0 Å². The zero-order chi connectivity index (χ0) is 11.7. The van der Waals surface area contributed by atoms with Gasteiger partial charge in [0, 0.05) is 24.2 Å². The van der Waals surface area contributed by atoms with Crippen LogP contribution in [0, 0.1) is 0 Å². The number of benzene rings is 1. The van der Waals surface area contributed by atoms with Crippen molar-refractivity contribution in [3.63, 3.8) is 0 Å². The minimum absolute atomic E-state index is 0.353. The lowest BCUT2D eigenvalue weighted by Gasteiger charge is -2.24. The van der Waals surface area contributed by atoms with Crippen LogP contribution in [0.25, 0.3) is 0 Å². The summed E-state index contributed by atoms with van der Waals surface area (Å²) in [6, 6.07) is 6.16. The summed E-state index contributed by atoms with van der Waals surface area (Å²) in [5.74, 6) is 0.820. The predicted molar refractivity (Wildman–Crippen MR) is 67.0 cm³/mol. The van der Waals surface area contributed by atoms with Crippen molar-refractivity contribution in [2.45, 2.75) is 32.2 Å². The first-order valence-electron chi connectivity index (χ1n) is 5.93. The standard InChI is InChI=1S/C13H20N2O/c1-9(2)15-8-10(5-6-14)12-7-11(16)3-4-13(12)15/h3-4,7,9-10,16H,5-6,8,14H2,1-2H3. The number of nitrogens with zero attached hydrogens (tertiary/aromatic N) is 1. The van der Waals surface area contributed by atoms with Gasteiger partial charge in [-0.3, -0.25) is 0 Å². The second-order valence-electron chi connectivity index (χ2n) is 4.76. The van der Waals surface area contributed by atoms with Gasteiger partial charge in [0.15, 0.2) is 0 Å². The van der Waals surface area contributed by atoms with Crippen molar-refractivity contribution in [1.82, 2.24) is 0 Å². The highest BCUT2D eigenvalue weighted by Gasteiger charge is 2.29. The fraction of sp³-hybridized carbons (Fsp3) is 0.538. The van der Waals surface area contributed by atoms with E-state index in [9.17, 15) is 5.11 Å². The van der Waals surface area contributed by atoms with Crippen LogP contribution in [-0.2, 0) is 0 Å². The molecule has 0 aliphatic carbocycles. The van der Waals surface area contributed by atoms with Gasteiger partial charge in [0.2, 0.25) is 0 Å². The van der Waals surface area contributed by atoms with E-state index in [2.05, 4.69) is 18.7 Å². The molecule has 2 rings (SSSR count). The zero-order valence-electron chi connectivity index (χ0n) is 9.98. The molecule has 3 N–H and O–H groups in total. The fourth-order valence-electron chi connectivity index (χ4n) is 2.50. The van der Waals surface area contributed by atoms with Crippen LogP contribution in [0.5, 0.6) is 5.75 Å². The lowest BCUT2D eigenvalue weighted by Crippen LogP contribution is -2.29. The molecule has 1 aliphatic heterocycles. The molecule has 3 nitrogen and oxygen atoms in total. The van der Waals surface area contributed by atoms with Gasteiger partial charge in [-0.05, 0) is 50.6 Å². The Hall–Kier alpha value is -1.22. The Balaban J connectivity index is 2.36. The number of phenols is 1. The number of fused-ring (bicyclic) bond motifs is 1. The van der Waals surface area contributed by atoms with Crippen LogP contribution in [-0.4, -0.2) is 24.2 Å². The number of phenolic OH excluding ortho intramolecular Hbond substituents is 1. The first-order chi connectivity index (χ1) is 7.63. The largest absolute Gasteiger partial charge is 0.508 e. The van der Waals surface area contributed by atoms with Gasteiger partial charge in [-0.15, -0.1) is 0 Å². The normalized spacial score (nSPS) is 19.2. The third-order valence-corrected chi connectivity index (χ3v) is 3.32. The van der Waals surface area contributed by atoms with E-state index in [0.717, 1.165) is 13.0 Å². The van der Waals surface area contributed by atoms with Crippen molar-refractivity contribution in [2.75, 3.05) is 18.0 Å². The van der Waals surface area contributed by atoms with Gasteiger partial charge in [0.1, 0.15) is 5.75 Å². The summed E-state index contributed by atoms with van der Waals surface area (Å²) < 4.78 is 0. The maximum atomic E-state index is 9.56. The van der Waals surface area contributed by atoms with Crippen molar-refractivity contribution in [3.8, 4) is 5.75 Å². The molecule has 0 bridgehead atoms. The number of aromatic hydroxyl groups is 1. The lowest BCUT2D eigenvalue weighted by atomic mass is 9.98. The highest BCUT2D eigenvalue weighted by atomic mass is 16.3. The smallest absolute Gasteiger partial charge is 0.116 e. The molecule has 1 unspecified atom stereocenters. The van der Waals surface area contributed by atoms with Crippen LogP contribution < -0.4 is 10.6 Å². The van der Waals surface area contributed by atoms with E-state index in [-0.39, 0.29) is 0 Å². The molecule has 88 valence electrons. The average molecular weight is 220 g/mol. The molecule has 3 heteroatoms. The Morgan fingerprint density at radius 3 is 2.88 bits per heavy atom. The maximum Gasteiger partial charge on any atom is 0.116 e. The van der Waals surface area contributed by atoms with Gasteiger partial charge >= 0.3 is 0 Å². The van der Waals surface area contributed by atoms with Gasteiger partial charge in [0.25, 0.3) is 0 Å². The summed E-state index contributed by atoms with van der Waals surface area (Å²) >= 11 is 0. The molecule has 0 spiro atoms. The van der Waals surface area contributed by atoms with E-state index in [1.807, 2.05) is 12.1 Å². The minimum atomic E-state index is 0.353. The Labute approximate surface area is 96.9 Å². The second-order valence-corrected chi connectivity index (χ2v) is 4.76. The molecule has 1 aromatic carbocycles. The summed E-state index contributed by atoms with van der Waals surface area (Å²) in [6.45, 7) is 6.11. The quantitative estimate of drug-likeness (QED) is 0.819. The summed E-state index contributed by atoms with van der Waals surface area (Å²) in [6.07, 6.45) is 0.986. The summed E-state index contributed by atoms with van der Waals surface area (Å²) in [4.78, 5) is 2.38. The van der Waals surface area contributed by atoms with Crippen LogP contribution in [0.3, 0.4) is 0 Å². The molecule has 1 aromatic rings. The average Bonchev–Trinajstić information content (AvgIpc) is 2.58. The topological polar surface area (TPSA) is 49.5 Å². The van der Waals surface area contributed by atoms with Crippen molar-refractivity contribution in [1.29, 1.82) is 0 Å². The van der Waals surface area contributed by atoms with Crippen LogP contribution in [0.15, 0.2) is 18.2 Å². The van der Waals surface area contributed by atoms with E-state index in [0.29, 0.717) is 24.3 Å². The third kappa shape index (κ3) is 1.87. The monoisotopic (exact) mass is 220 g/mol. The zero-order valence-corrected chi connectivity index (χ0v) is 9.98. The second kappa shape index (κ2) is 4.34. The SMILES string of the molecule is CC(C)N1CC(CCN)c2cc(O)ccc21. The molecule has 1 aliphatic rings. The van der Waals surface area contributed by atoms with Crippen molar-refractivity contribution in [3.05, 3.63) is 23.8 Å². The third-order valence-electron chi connectivity index (χ3n) is 3.32. The maximum absolute atomic E-state index is 9.56. The first kappa shape index (κ1) is 11.3. The first-order valence-corrected chi connectivity index (χ1v) is 5.93. The van der Waals surface area contributed by atoms with Gasteiger partial charge in [-0.2, -0.15) is 0 Å². The molecular weight excluding hydrogens is 200 g/mol. The molecule has 0 saturated heterocycles. The summed E-state index contributed by atoms with van der Waals surface area (Å²) in [5, 5.41) is 9.56. The van der Waals surface area contributed by atoms with Crippen LogP contribution in [0.2, 0.25) is 0 Å². The van der Waals surface area contributed by atoms with Crippen molar-refractivity contribution >= 4 is 5.69 Å². The Bertz CT molecular complexity index is 376. The van der Waals surface area contributed by atoms with Crippen molar-refractivity contribution in [2.24, 2.45) is 5.73 Å². The summed E-state index contributed by atoms with van der Waals surface area (Å²) in [5.41, 5.74) is 8.15. The lowest BCUT2D eigenvalue weighted by molar-refractivity contribution is 0.474. The van der Waals surface area contributed by atoms with E-state index < -0.39 is 0 Å². The van der Waals surface area contributed by atoms with Crippen LogP contribution >= 0.6 is 0 Å².